The molecule has 4 rings (SSSR count). The summed E-state index contributed by atoms with van der Waals surface area (Å²) in [6.45, 7) is 10.0. The largest absolute Gasteiger partial charge is 0.418 e. The molecule has 0 spiro atoms. The van der Waals surface area contributed by atoms with Crippen LogP contribution in [0.1, 0.15) is 31.7 Å². The van der Waals surface area contributed by atoms with Gasteiger partial charge in [-0.3, -0.25) is 4.98 Å². The lowest BCUT2D eigenvalue weighted by Crippen LogP contribution is -2.45. The van der Waals surface area contributed by atoms with E-state index in [0.717, 1.165) is 56.8 Å². The molecule has 2 saturated heterocycles. The Bertz CT molecular complexity index is 918. The first-order valence-electron chi connectivity index (χ1n) is 10.6. The summed E-state index contributed by atoms with van der Waals surface area (Å²) < 4.78 is 40.4. The van der Waals surface area contributed by atoms with Crippen LogP contribution in [-0.2, 0) is 6.18 Å². The molecule has 2 aliphatic heterocycles. The lowest BCUT2D eigenvalue weighted by Gasteiger charge is -2.43. The summed E-state index contributed by atoms with van der Waals surface area (Å²) in [7, 11) is 0. The van der Waals surface area contributed by atoms with Gasteiger partial charge in [-0.1, -0.05) is 13.5 Å². The minimum Gasteiger partial charge on any atom is -0.375 e. The fourth-order valence-electron chi connectivity index (χ4n) is 4.90. The highest BCUT2D eigenvalue weighted by Gasteiger charge is 2.35. The molecule has 0 aliphatic carbocycles. The van der Waals surface area contributed by atoms with E-state index >= 15 is 0 Å². The summed E-state index contributed by atoms with van der Waals surface area (Å²) in [5, 5.41) is 0.551. The molecule has 2 aromatic rings. The minimum atomic E-state index is -4.42. The van der Waals surface area contributed by atoms with E-state index < -0.39 is 11.7 Å². The number of nitrogens with two attached hydrogens (primary N) is 1. The average Bonchev–Trinajstić information content (AvgIpc) is 2.71. The van der Waals surface area contributed by atoms with Crippen molar-refractivity contribution in [2.24, 2.45) is 17.6 Å². The summed E-state index contributed by atoms with van der Waals surface area (Å²) in [6.07, 6.45) is -0.0205. The van der Waals surface area contributed by atoms with Crippen molar-refractivity contribution >= 4 is 16.6 Å². The molecular weight excluding hydrogens is 389 g/mol. The van der Waals surface area contributed by atoms with Gasteiger partial charge in [0.05, 0.1) is 11.1 Å². The average molecular weight is 419 g/mol. The summed E-state index contributed by atoms with van der Waals surface area (Å²) in [6, 6.07) is 6.47. The molecule has 1 aromatic carbocycles. The van der Waals surface area contributed by atoms with E-state index in [2.05, 4.69) is 28.3 Å². The van der Waals surface area contributed by atoms with Gasteiger partial charge in [0.25, 0.3) is 0 Å². The molecule has 2 fully saturated rings. The monoisotopic (exact) mass is 418 g/mol. The summed E-state index contributed by atoms with van der Waals surface area (Å²) in [5.74, 6) is 0.693. The Morgan fingerprint density at radius 3 is 2.60 bits per heavy atom. The molecule has 30 heavy (non-hydrogen) atoms. The molecule has 7 heteroatoms. The zero-order valence-electron chi connectivity index (χ0n) is 17.3. The Hall–Kier alpha value is -2.28. The van der Waals surface area contributed by atoms with E-state index in [0.29, 0.717) is 11.3 Å². The van der Waals surface area contributed by atoms with Gasteiger partial charge in [-0.05, 0) is 49.4 Å². The van der Waals surface area contributed by atoms with Gasteiger partial charge >= 0.3 is 6.18 Å². The number of pyridine rings is 1. The SMILES string of the molecule is C=C(C1CC(C)CN(c2ccc(C(F)(F)F)c3ncccc23)C1)N1CCC(N)CC1. The first-order valence-corrected chi connectivity index (χ1v) is 10.6. The first kappa shape index (κ1) is 21.0. The van der Waals surface area contributed by atoms with Gasteiger partial charge < -0.3 is 15.5 Å². The first-order chi connectivity index (χ1) is 14.2. The number of halogens is 3. The van der Waals surface area contributed by atoms with Crippen LogP contribution in [0.5, 0.6) is 0 Å². The van der Waals surface area contributed by atoms with Gasteiger partial charge in [0.1, 0.15) is 0 Å². The number of piperidine rings is 2. The Labute approximate surface area is 175 Å². The summed E-state index contributed by atoms with van der Waals surface area (Å²) in [5.41, 5.74) is 7.32. The second-order valence-electron chi connectivity index (χ2n) is 8.79. The van der Waals surface area contributed by atoms with Crippen molar-refractivity contribution in [3.63, 3.8) is 0 Å². The van der Waals surface area contributed by atoms with E-state index in [-0.39, 0.29) is 17.5 Å². The predicted octanol–water partition coefficient (Wildman–Crippen LogP) is 4.65. The highest BCUT2D eigenvalue weighted by Crippen LogP contribution is 2.40. The molecular formula is C23H29F3N4. The van der Waals surface area contributed by atoms with Crippen LogP contribution in [0.2, 0.25) is 0 Å². The van der Waals surface area contributed by atoms with E-state index in [9.17, 15) is 13.2 Å². The lowest BCUT2D eigenvalue weighted by atomic mass is 9.86. The van der Waals surface area contributed by atoms with Gasteiger partial charge in [-0.25, -0.2) is 0 Å². The van der Waals surface area contributed by atoms with Crippen LogP contribution in [0.3, 0.4) is 0 Å². The normalized spacial score (nSPS) is 23.8. The molecule has 1 aromatic heterocycles. The standard InChI is InChI=1S/C23H29F3N4/c1-15-12-17(16(2)29-10-7-18(27)8-11-29)14-30(13-15)21-6-5-20(23(24,25)26)22-19(21)4-3-9-28-22/h3-6,9,15,17-18H,2,7-8,10-14,27H2,1H3. The van der Waals surface area contributed by atoms with Crippen molar-refractivity contribution in [1.29, 1.82) is 0 Å². The number of anilines is 1. The van der Waals surface area contributed by atoms with Crippen molar-refractivity contribution in [2.75, 3.05) is 31.1 Å². The second-order valence-corrected chi connectivity index (χ2v) is 8.79. The molecule has 0 amide bonds. The fraction of sp³-hybridized carbons (Fsp3) is 0.522. The van der Waals surface area contributed by atoms with Gasteiger partial charge in [0, 0.05) is 61.1 Å². The van der Waals surface area contributed by atoms with Crippen molar-refractivity contribution < 1.29 is 13.2 Å². The van der Waals surface area contributed by atoms with E-state index in [4.69, 9.17) is 5.73 Å². The molecule has 4 nitrogen and oxygen atoms in total. The quantitative estimate of drug-likeness (QED) is 0.788. The number of fused-ring (bicyclic) bond motifs is 1. The number of nitrogens with zero attached hydrogens (tertiary/aromatic N) is 3. The lowest BCUT2D eigenvalue weighted by molar-refractivity contribution is -0.136. The molecule has 2 N–H and O–H groups in total. The fourth-order valence-corrected chi connectivity index (χ4v) is 4.90. The Morgan fingerprint density at radius 1 is 1.17 bits per heavy atom. The predicted molar refractivity (Wildman–Crippen MR) is 114 cm³/mol. The number of hydrogen-bond acceptors (Lipinski definition) is 4. The summed E-state index contributed by atoms with van der Waals surface area (Å²) >= 11 is 0. The minimum absolute atomic E-state index is 0.0149. The maximum atomic E-state index is 13.5. The van der Waals surface area contributed by atoms with Gasteiger partial charge in [-0.15, -0.1) is 0 Å². The zero-order valence-corrected chi connectivity index (χ0v) is 17.3. The highest BCUT2D eigenvalue weighted by atomic mass is 19.4. The Balaban J connectivity index is 1.62. The second kappa shape index (κ2) is 8.10. The van der Waals surface area contributed by atoms with Gasteiger partial charge in [-0.2, -0.15) is 13.2 Å². The van der Waals surface area contributed by atoms with Crippen LogP contribution >= 0.6 is 0 Å². The maximum absolute atomic E-state index is 13.5. The molecule has 162 valence electrons. The Kier molecular flexibility index (Phi) is 5.66. The maximum Gasteiger partial charge on any atom is 0.418 e. The molecule has 2 aliphatic rings. The van der Waals surface area contributed by atoms with Crippen LogP contribution < -0.4 is 10.6 Å². The topological polar surface area (TPSA) is 45.4 Å². The van der Waals surface area contributed by atoms with E-state index in [1.54, 1.807) is 18.2 Å². The molecule has 0 radical (unpaired) electrons. The van der Waals surface area contributed by atoms with E-state index in [1.807, 2.05) is 0 Å². The molecule has 2 atom stereocenters. The third kappa shape index (κ3) is 4.13. The van der Waals surface area contributed by atoms with Gasteiger partial charge in [0.15, 0.2) is 0 Å². The van der Waals surface area contributed by atoms with Crippen molar-refractivity contribution in [3.05, 3.63) is 48.3 Å². The van der Waals surface area contributed by atoms with Crippen LogP contribution in [-0.4, -0.2) is 42.1 Å². The molecule has 0 bridgehead atoms. The number of hydrogen-bond donors (Lipinski definition) is 1. The van der Waals surface area contributed by atoms with Crippen molar-refractivity contribution in [2.45, 2.75) is 38.4 Å². The molecule has 0 saturated carbocycles. The van der Waals surface area contributed by atoms with Crippen LogP contribution in [0.4, 0.5) is 18.9 Å². The highest BCUT2D eigenvalue weighted by molar-refractivity contribution is 5.94. The van der Waals surface area contributed by atoms with Crippen LogP contribution in [0.15, 0.2) is 42.7 Å². The Morgan fingerprint density at radius 2 is 1.90 bits per heavy atom. The van der Waals surface area contributed by atoms with Crippen LogP contribution in [0, 0.1) is 11.8 Å². The number of alkyl halides is 3. The number of benzene rings is 1. The number of aromatic nitrogens is 1. The number of rotatable bonds is 3. The third-order valence-electron chi connectivity index (χ3n) is 6.47. The third-order valence-corrected chi connectivity index (χ3v) is 6.47. The van der Waals surface area contributed by atoms with Gasteiger partial charge in [0.2, 0.25) is 0 Å². The number of likely N-dealkylation sites (tertiary alicyclic amines) is 1. The van der Waals surface area contributed by atoms with E-state index in [1.165, 1.54) is 12.3 Å². The molecule has 2 unspecified atom stereocenters. The van der Waals surface area contributed by atoms with Crippen LogP contribution in [0.25, 0.3) is 10.9 Å². The smallest absolute Gasteiger partial charge is 0.375 e. The molecule has 3 heterocycles. The summed E-state index contributed by atoms with van der Waals surface area (Å²) in [4.78, 5) is 8.63. The zero-order chi connectivity index (χ0) is 21.5. The van der Waals surface area contributed by atoms with Crippen molar-refractivity contribution in [1.82, 2.24) is 9.88 Å². The van der Waals surface area contributed by atoms with Crippen molar-refractivity contribution in [3.8, 4) is 0 Å².